The molecule has 3 rings (SSSR count). The lowest BCUT2D eigenvalue weighted by atomic mass is 10.1. The van der Waals surface area contributed by atoms with Gasteiger partial charge in [-0.3, -0.25) is 9.59 Å². The number of carbonyl (C=O) groups excluding carboxylic acids is 2. The summed E-state index contributed by atoms with van der Waals surface area (Å²) in [6, 6.07) is 15.0. The minimum absolute atomic E-state index is 0.119. The number of aryl methyl sites for hydroxylation is 1. The maximum absolute atomic E-state index is 12.2. The molecule has 3 N–H and O–H groups in total. The molecule has 1 heterocycles. The summed E-state index contributed by atoms with van der Waals surface area (Å²) < 4.78 is 0. The third-order valence-corrected chi connectivity index (χ3v) is 4.16. The van der Waals surface area contributed by atoms with E-state index in [4.69, 9.17) is 0 Å². The molecule has 25 heavy (non-hydrogen) atoms. The van der Waals surface area contributed by atoms with Gasteiger partial charge in [0, 0.05) is 41.3 Å². The van der Waals surface area contributed by atoms with Crippen molar-refractivity contribution in [3.63, 3.8) is 0 Å². The van der Waals surface area contributed by atoms with Crippen molar-refractivity contribution in [2.45, 2.75) is 20.3 Å². The minimum Gasteiger partial charge on any atom is -0.358 e. The van der Waals surface area contributed by atoms with Crippen LogP contribution in [0.5, 0.6) is 0 Å². The summed E-state index contributed by atoms with van der Waals surface area (Å²) >= 11 is 0. The second-order valence-corrected chi connectivity index (χ2v) is 6.04. The molecule has 0 spiro atoms. The highest BCUT2D eigenvalue weighted by molar-refractivity contribution is 5.95. The zero-order valence-electron chi connectivity index (χ0n) is 14.3. The Bertz CT molecular complexity index is 910. The van der Waals surface area contributed by atoms with Crippen molar-refractivity contribution in [2.75, 3.05) is 11.9 Å². The van der Waals surface area contributed by atoms with Crippen LogP contribution in [0.15, 0.2) is 48.5 Å². The summed E-state index contributed by atoms with van der Waals surface area (Å²) in [7, 11) is 0. The molecule has 0 aliphatic carbocycles. The number of para-hydroxylation sites is 1. The molecule has 0 aliphatic heterocycles. The van der Waals surface area contributed by atoms with Crippen LogP contribution < -0.4 is 10.6 Å². The van der Waals surface area contributed by atoms with E-state index in [-0.39, 0.29) is 11.8 Å². The van der Waals surface area contributed by atoms with Crippen LogP contribution in [0.25, 0.3) is 10.9 Å². The summed E-state index contributed by atoms with van der Waals surface area (Å²) in [5, 5.41) is 6.83. The first-order chi connectivity index (χ1) is 12.0. The average Bonchev–Trinajstić information content (AvgIpc) is 2.90. The van der Waals surface area contributed by atoms with E-state index in [0.717, 1.165) is 17.6 Å². The first-order valence-corrected chi connectivity index (χ1v) is 8.26. The lowest BCUT2D eigenvalue weighted by Gasteiger charge is -2.07. The molecule has 0 atom stereocenters. The zero-order chi connectivity index (χ0) is 17.8. The molecule has 5 heteroatoms. The van der Waals surface area contributed by atoms with Crippen LogP contribution in [0, 0.1) is 6.92 Å². The van der Waals surface area contributed by atoms with E-state index in [1.54, 1.807) is 24.3 Å². The number of H-pyrrole nitrogens is 1. The molecule has 0 unspecified atom stereocenters. The van der Waals surface area contributed by atoms with E-state index >= 15 is 0 Å². The molecular formula is C20H21N3O2. The number of rotatable bonds is 5. The monoisotopic (exact) mass is 335 g/mol. The predicted octanol–water partition coefficient (Wildman–Crippen LogP) is 3.41. The quantitative estimate of drug-likeness (QED) is 0.668. The van der Waals surface area contributed by atoms with Crippen LogP contribution in [-0.2, 0) is 11.2 Å². The third-order valence-electron chi connectivity index (χ3n) is 4.16. The van der Waals surface area contributed by atoms with Gasteiger partial charge in [0.15, 0.2) is 0 Å². The van der Waals surface area contributed by atoms with Crippen molar-refractivity contribution in [2.24, 2.45) is 0 Å². The first kappa shape index (κ1) is 16.8. The lowest BCUT2D eigenvalue weighted by molar-refractivity contribution is -0.114. The number of hydrogen-bond donors (Lipinski definition) is 3. The van der Waals surface area contributed by atoms with Gasteiger partial charge in [-0.05, 0) is 49.2 Å². The molecule has 0 radical (unpaired) electrons. The van der Waals surface area contributed by atoms with E-state index < -0.39 is 0 Å². The summed E-state index contributed by atoms with van der Waals surface area (Å²) in [5.74, 6) is -0.252. The summed E-state index contributed by atoms with van der Waals surface area (Å²) in [6.45, 7) is 4.07. The number of aromatic nitrogens is 1. The van der Waals surface area contributed by atoms with Crippen LogP contribution in [-0.4, -0.2) is 23.3 Å². The van der Waals surface area contributed by atoms with Crippen LogP contribution in [0.3, 0.4) is 0 Å². The molecule has 5 nitrogen and oxygen atoms in total. The molecule has 0 saturated carbocycles. The van der Waals surface area contributed by atoms with Crippen molar-refractivity contribution in [1.29, 1.82) is 0 Å². The van der Waals surface area contributed by atoms with E-state index in [0.29, 0.717) is 17.8 Å². The Kier molecular flexibility index (Phi) is 4.84. The second-order valence-electron chi connectivity index (χ2n) is 6.04. The fourth-order valence-electron chi connectivity index (χ4n) is 2.97. The molecule has 1 aromatic heterocycles. The highest BCUT2D eigenvalue weighted by Crippen LogP contribution is 2.22. The fourth-order valence-corrected chi connectivity index (χ4v) is 2.97. The Morgan fingerprint density at radius 2 is 1.76 bits per heavy atom. The van der Waals surface area contributed by atoms with Gasteiger partial charge in [-0.1, -0.05) is 18.2 Å². The topological polar surface area (TPSA) is 74.0 Å². The zero-order valence-corrected chi connectivity index (χ0v) is 14.3. The van der Waals surface area contributed by atoms with Gasteiger partial charge in [0.25, 0.3) is 5.91 Å². The molecular weight excluding hydrogens is 314 g/mol. The van der Waals surface area contributed by atoms with Crippen molar-refractivity contribution in [3.05, 3.63) is 65.4 Å². The van der Waals surface area contributed by atoms with Crippen LogP contribution >= 0.6 is 0 Å². The Labute approximate surface area is 146 Å². The van der Waals surface area contributed by atoms with Crippen molar-refractivity contribution < 1.29 is 9.59 Å². The summed E-state index contributed by atoms with van der Waals surface area (Å²) in [6.07, 6.45) is 0.769. The van der Waals surface area contributed by atoms with Crippen molar-refractivity contribution >= 4 is 28.4 Å². The van der Waals surface area contributed by atoms with Gasteiger partial charge in [0.05, 0.1) is 0 Å². The van der Waals surface area contributed by atoms with Gasteiger partial charge in [0.1, 0.15) is 0 Å². The Balaban J connectivity index is 1.60. The standard InChI is InChI=1S/C20H21N3O2/c1-13-17(18-5-3-4-6-19(18)22-13)11-12-21-20(25)15-7-9-16(10-8-15)23-14(2)24/h3-10,22H,11-12H2,1-2H3,(H,21,25)(H,23,24). The molecule has 2 amide bonds. The molecule has 0 fully saturated rings. The first-order valence-electron chi connectivity index (χ1n) is 8.26. The molecule has 0 bridgehead atoms. The number of benzene rings is 2. The van der Waals surface area contributed by atoms with Gasteiger partial charge >= 0.3 is 0 Å². The lowest BCUT2D eigenvalue weighted by Crippen LogP contribution is -2.25. The maximum Gasteiger partial charge on any atom is 0.251 e. The second kappa shape index (κ2) is 7.21. The van der Waals surface area contributed by atoms with Gasteiger partial charge < -0.3 is 15.6 Å². The predicted molar refractivity (Wildman–Crippen MR) is 99.8 cm³/mol. The van der Waals surface area contributed by atoms with E-state index in [1.807, 2.05) is 12.1 Å². The number of nitrogens with one attached hydrogen (secondary N) is 3. The van der Waals surface area contributed by atoms with E-state index in [9.17, 15) is 9.59 Å². The van der Waals surface area contributed by atoms with Gasteiger partial charge in [0.2, 0.25) is 5.91 Å². The van der Waals surface area contributed by atoms with Gasteiger partial charge in [-0.15, -0.1) is 0 Å². The molecule has 128 valence electrons. The van der Waals surface area contributed by atoms with E-state index in [2.05, 4.69) is 34.7 Å². The number of anilines is 1. The number of hydrogen-bond acceptors (Lipinski definition) is 2. The Morgan fingerprint density at radius 1 is 1.04 bits per heavy atom. The van der Waals surface area contributed by atoms with Crippen molar-refractivity contribution in [1.82, 2.24) is 10.3 Å². The summed E-state index contributed by atoms with van der Waals surface area (Å²) in [5.41, 5.74) is 4.74. The number of aromatic amines is 1. The highest BCUT2D eigenvalue weighted by Gasteiger charge is 2.09. The fraction of sp³-hybridized carbons (Fsp3) is 0.200. The smallest absolute Gasteiger partial charge is 0.251 e. The van der Waals surface area contributed by atoms with Gasteiger partial charge in [-0.2, -0.15) is 0 Å². The Morgan fingerprint density at radius 3 is 2.48 bits per heavy atom. The SMILES string of the molecule is CC(=O)Nc1ccc(C(=O)NCCc2c(C)[nH]c3ccccc23)cc1. The Hall–Kier alpha value is -3.08. The number of amides is 2. The van der Waals surface area contributed by atoms with Crippen LogP contribution in [0.1, 0.15) is 28.5 Å². The highest BCUT2D eigenvalue weighted by atomic mass is 16.2. The van der Waals surface area contributed by atoms with Crippen LogP contribution in [0.2, 0.25) is 0 Å². The minimum atomic E-state index is -0.133. The van der Waals surface area contributed by atoms with Crippen molar-refractivity contribution in [3.8, 4) is 0 Å². The molecule has 2 aromatic carbocycles. The summed E-state index contributed by atoms with van der Waals surface area (Å²) in [4.78, 5) is 26.6. The average molecular weight is 335 g/mol. The normalized spacial score (nSPS) is 10.6. The largest absolute Gasteiger partial charge is 0.358 e. The van der Waals surface area contributed by atoms with Crippen LogP contribution in [0.4, 0.5) is 5.69 Å². The third kappa shape index (κ3) is 3.88. The molecule has 3 aromatic rings. The number of fused-ring (bicyclic) bond motifs is 1. The van der Waals surface area contributed by atoms with Gasteiger partial charge in [-0.25, -0.2) is 0 Å². The number of carbonyl (C=O) groups is 2. The van der Waals surface area contributed by atoms with E-state index in [1.165, 1.54) is 17.9 Å². The molecule has 0 saturated heterocycles. The molecule has 0 aliphatic rings. The maximum atomic E-state index is 12.2.